The molecule has 0 bridgehead atoms. The number of fused-ring (bicyclic) bond motifs is 1. The molecule has 1 atom stereocenters. The minimum absolute atomic E-state index is 0.0885. The van der Waals surface area contributed by atoms with Gasteiger partial charge in [-0.1, -0.05) is 18.2 Å². The number of aromatic amines is 1. The van der Waals surface area contributed by atoms with Gasteiger partial charge in [0, 0.05) is 22.6 Å². The van der Waals surface area contributed by atoms with Crippen molar-refractivity contribution in [1.29, 1.82) is 0 Å². The summed E-state index contributed by atoms with van der Waals surface area (Å²) in [5, 5.41) is 1.26. The Morgan fingerprint density at radius 3 is 2.64 bits per heavy atom. The van der Waals surface area contributed by atoms with Gasteiger partial charge in [0.15, 0.2) is 0 Å². The van der Waals surface area contributed by atoms with Crippen LogP contribution in [0, 0.1) is 13.8 Å². The fraction of sp³-hybridized carbons (Fsp3) is 0.333. The van der Waals surface area contributed by atoms with E-state index in [0.717, 1.165) is 0 Å². The fourth-order valence-electron chi connectivity index (χ4n) is 2.10. The molecule has 0 fully saturated rings. The first kappa shape index (κ1) is 9.28. The Kier molecular flexibility index (Phi) is 2.08. The van der Waals surface area contributed by atoms with Crippen molar-refractivity contribution in [2.24, 2.45) is 5.73 Å². The first-order valence-electron chi connectivity index (χ1n) is 4.94. The molecule has 14 heavy (non-hydrogen) atoms. The molecule has 0 spiro atoms. The number of H-pyrrole nitrogens is 1. The van der Waals surface area contributed by atoms with Gasteiger partial charge in [-0.05, 0) is 31.9 Å². The highest BCUT2D eigenvalue weighted by atomic mass is 14.7. The van der Waals surface area contributed by atoms with Crippen LogP contribution in [-0.2, 0) is 0 Å². The summed E-state index contributed by atoms with van der Waals surface area (Å²) in [7, 11) is 0. The third kappa shape index (κ3) is 1.23. The van der Waals surface area contributed by atoms with E-state index in [1.165, 1.54) is 27.7 Å². The van der Waals surface area contributed by atoms with Crippen molar-refractivity contribution in [3.05, 3.63) is 35.0 Å². The highest BCUT2D eigenvalue weighted by Gasteiger charge is 2.12. The summed E-state index contributed by atoms with van der Waals surface area (Å²) in [6, 6.07) is 6.41. The van der Waals surface area contributed by atoms with Gasteiger partial charge >= 0.3 is 0 Å². The van der Waals surface area contributed by atoms with Crippen LogP contribution in [0.4, 0.5) is 0 Å². The normalized spacial score (nSPS) is 13.4. The summed E-state index contributed by atoms with van der Waals surface area (Å²) in [6.07, 6.45) is 0. The summed E-state index contributed by atoms with van der Waals surface area (Å²) in [6.45, 7) is 6.22. The summed E-state index contributed by atoms with van der Waals surface area (Å²) >= 11 is 0. The van der Waals surface area contributed by atoms with Crippen molar-refractivity contribution in [2.45, 2.75) is 26.8 Å². The Morgan fingerprint density at radius 1 is 1.29 bits per heavy atom. The van der Waals surface area contributed by atoms with Gasteiger partial charge in [0.05, 0.1) is 0 Å². The quantitative estimate of drug-likeness (QED) is 0.710. The predicted molar refractivity (Wildman–Crippen MR) is 60.4 cm³/mol. The maximum absolute atomic E-state index is 5.96. The molecule has 0 saturated carbocycles. The zero-order valence-electron chi connectivity index (χ0n) is 8.89. The van der Waals surface area contributed by atoms with E-state index in [1.807, 2.05) is 6.92 Å². The van der Waals surface area contributed by atoms with Crippen LogP contribution in [0.2, 0.25) is 0 Å². The number of aryl methyl sites for hydroxylation is 2. The van der Waals surface area contributed by atoms with Gasteiger partial charge in [-0.15, -0.1) is 0 Å². The summed E-state index contributed by atoms with van der Waals surface area (Å²) in [5.41, 5.74) is 10.9. The molecule has 1 aromatic heterocycles. The van der Waals surface area contributed by atoms with E-state index in [-0.39, 0.29) is 6.04 Å². The van der Waals surface area contributed by atoms with E-state index in [1.54, 1.807) is 0 Å². The van der Waals surface area contributed by atoms with Gasteiger partial charge < -0.3 is 10.7 Å². The second kappa shape index (κ2) is 3.14. The van der Waals surface area contributed by atoms with E-state index in [9.17, 15) is 0 Å². The number of benzene rings is 1. The molecule has 2 heteroatoms. The Labute approximate surface area is 84.1 Å². The fourth-order valence-corrected chi connectivity index (χ4v) is 2.10. The lowest BCUT2D eigenvalue weighted by Gasteiger charge is -2.04. The van der Waals surface area contributed by atoms with Gasteiger partial charge in [0.25, 0.3) is 0 Å². The molecule has 0 aliphatic carbocycles. The highest BCUT2D eigenvalue weighted by Crippen LogP contribution is 2.28. The Hall–Kier alpha value is -1.28. The predicted octanol–water partition coefficient (Wildman–Crippen LogP) is 2.80. The van der Waals surface area contributed by atoms with Crippen LogP contribution in [0.5, 0.6) is 0 Å². The van der Waals surface area contributed by atoms with E-state index < -0.39 is 0 Å². The maximum atomic E-state index is 5.96. The van der Waals surface area contributed by atoms with Crippen LogP contribution in [0.3, 0.4) is 0 Å². The Morgan fingerprint density at radius 2 is 2.00 bits per heavy atom. The molecule has 2 nitrogen and oxygen atoms in total. The summed E-state index contributed by atoms with van der Waals surface area (Å²) in [4.78, 5) is 3.40. The van der Waals surface area contributed by atoms with Gasteiger partial charge in [-0.25, -0.2) is 0 Å². The summed E-state index contributed by atoms with van der Waals surface area (Å²) in [5.74, 6) is 0. The van der Waals surface area contributed by atoms with Gasteiger partial charge in [0.2, 0.25) is 0 Å². The lowest BCUT2D eigenvalue weighted by atomic mass is 10.0. The first-order valence-corrected chi connectivity index (χ1v) is 4.94. The minimum atomic E-state index is 0.0885. The average Bonchev–Trinajstić information content (AvgIpc) is 2.42. The Balaban J connectivity index is 2.83. The second-order valence-electron chi connectivity index (χ2n) is 3.95. The van der Waals surface area contributed by atoms with E-state index >= 15 is 0 Å². The third-order valence-corrected chi connectivity index (χ3v) is 2.73. The van der Waals surface area contributed by atoms with Crippen LogP contribution in [-0.4, -0.2) is 4.98 Å². The molecule has 3 N–H and O–H groups in total. The average molecular weight is 188 g/mol. The second-order valence-corrected chi connectivity index (χ2v) is 3.95. The largest absolute Gasteiger partial charge is 0.358 e. The van der Waals surface area contributed by atoms with Crippen molar-refractivity contribution in [3.8, 4) is 0 Å². The van der Waals surface area contributed by atoms with Crippen molar-refractivity contribution in [3.63, 3.8) is 0 Å². The topological polar surface area (TPSA) is 41.8 Å². The number of nitrogens with two attached hydrogens (primary N) is 1. The lowest BCUT2D eigenvalue weighted by molar-refractivity contribution is 0.817. The number of hydrogen-bond donors (Lipinski definition) is 2. The molecule has 1 aromatic carbocycles. The maximum Gasteiger partial charge on any atom is 0.0489 e. The van der Waals surface area contributed by atoms with Crippen LogP contribution in [0.15, 0.2) is 18.2 Å². The standard InChI is InChI=1S/C12H16N2/c1-7-5-4-6-10-11(8(2)13)9(3)14-12(7)10/h4-6,8,14H,13H2,1-3H3. The molecule has 0 aliphatic rings. The van der Waals surface area contributed by atoms with Crippen LogP contribution >= 0.6 is 0 Å². The third-order valence-electron chi connectivity index (χ3n) is 2.73. The molecular formula is C12H16N2. The van der Waals surface area contributed by atoms with E-state index in [4.69, 9.17) is 5.73 Å². The first-order chi connectivity index (χ1) is 6.61. The Bertz CT molecular complexity index is 466. The number of aromatic nitrogens is 1. The van der Waals surface area contributed by atoms with Crippen molar-refractivity contribution < 1.29 is 0 Å². The lowest BCUT2D eigenvalue weighted by Crippen LogP contribution is -2.05. The molecule has 0 amide bonds. The SMILES string of the molecule is Cc1[nH]c2c(C)cccc2c1C(C)N. The highest BCUT2D eigenvalue weighted by molar-refractivity contribution is 5.87. The molecule has 0 radical (unpaired) electrons. The minimum Gasteiger partial charge on any atom is -0.358 e. The van der Waals surface area contributed by atoms with Gasteiger partial charge in [0.1, 0.15) is 0 Å². The van der Waals surface area contributed by atoms with Crippen LogP contribution in [0.1, 0.15) is 29.8 Å². The number of nitrogens with one attached hydrogen (secondary N) is 1. The van der Waals surface area contributed by atoms with Crippen molar-refractivity contribution >= 4 is 10.9 Å². The molecule has 1 heterocycles. The van der Waals surface area contributed by atoms with Crippen molar-refractivity contribution in [2.75, 3.05) is 0 Å². The molecular weight excluding hydrogens is 172 g/mol. The number of rotatable bonds is 1. The molecule has 2 aromatic rings. The van der Waals surface area contributed by atoms with E-state index in [2.05, 4.69) is 37.0 Å². The van der Waals surface area contributed by atoms with Gasteiger partial charge in [-0.2, -0.15) is 0 Å². The smallest absolute Gasteiger partial charge is 0.0489 e. The monoisotopic (exact) mass is 188 g/mol. The van der Waals surface area contributed by atoms with Crippen molar-refractivity contribution in [1.82, 2.24) is 4.98 Å². The molecule has 0 saturated heterocycles. The molecule has 2 rings (SSSR count). The van der Waals surface area contributed by atoms with Crippen LogP contribution in [0.25, 0.3) is 10.9 Å². The van der Waals surface area contributed by atoms with Crippen LogP contribution < -0.4 is 5.73 Å². The molecule has 0 aliphatic heterocycles. The van der Waals surface area contributed by atoms with Gasteiger partial charge in [-0.3, -0.25) is 0 Å². The molecule has 1 unspecified atom stereocenters. The zero-order chi connectivity index (χ0) is 10.3. The zero-order valence-corrected chi connectivity index (χ0v) is 8.89. The van der Waals surface area contributed by atoms with E-state index in [0.29, 0.717) is 0 Å². The summed E-state index contributed by atoms with van der Waals surface area (Å²) < 4.78 is 0. The number of hydrogen-bond acceptors (Lipinski definition) is 1. The number of para-hydroxylation sites is 1. The molecule has 74 valence electrons.